The van der Waals surface area contributed by atoms with Crippen LogP contribution in [-0.4, -0.2) is 44.8 Å². The lowest BCUT2D eigenvalue weighted by atomic mass is 10.1. The number of aromatic amines is 1. The number of rotatable bonds is 5. The van der Waals surface area contributed by atoms with E-state index in [0.717, 1.165) is 40.0 Å². The average molecular weight is 386 g/mol. The van der Waals surface area contributed by atoms with Gasteiger partial charge >= 0.3 is 0 Å². The fraction of sp³-hybridized carbons (Fsp3) is 0.182. The molecule has 0 aliphatic rings. The number of aryl methyl sites for hydroxylation is 1. The van der Waals surface area contributed by atoms with Gasteiger partial charge in [0.25, 0.3) is 5.91 Å². The van der Waals surface area contributed by atoms with Crippen molar-refractivity contribution < 1.29 is 4.79 Å². The Labute approximate surface area is 168 Å². The van der Waals surface area contributed by atoms with Gasteiger partial charge in [0.1, 0.15) is 5.69 Å². The third-order valence-corrected chi connectivity index (χ3v) is 4.67. The van der Waals surface area contributed by atoms with Gasteiger partial charge < -0.3 is 15.2 Å². The zero-order valence-electron chi connectivity index (χ0n) is 16.6. The van der Waals surface area contributed by atoms with E-state index in [9.17, 15) is 4.79 Å². The summed E-state index contributed by atoms with van der Waals surface area (Å²) in [7, 11) is 3.49. The molecule has 0 radical (unpaired) electrons. The van der Waals surface area contributed by atoms with Crippen LogP contribution in [-0.2, 0) is 6.42 Å². The van der Waals surface area contributed by atoms with Crippen LogP contribution in [0.3, 0.4) is 0 Å². The molecule has 0 saturated carbocycles. The van der Waals surface area contributed by atoms with E-state index in [2.05, 4.69) is 38.2 Å². The summed E-state index contributed by atoms with van der Waals surface area (Å²) in [6.07, 6.45) is 4.28. The van der Waals surface area contributed by atoms with Crippen molar-refractivity contribution in [1.82, 2.24) is 24.8 Å². The number of nitrogens with zero attached hydrogens (tertiary/aromatic N) is 4. The van der Waals surface area contributed by atoms with Gasteiger partial charge in [0, 0.05) is 43.1 Å². The number of amides is 1. The number of aromatic nitrogens is 4. The topological polar surface area (TPSA) is 86.8 Å². The van der Waals surface area contributed by atoms with E-state index in [1.807, 2.05) is 36.4 Å². The molecule has 0 atom stereocenters. The van der Waals surface area contributed by atoms with Gasteiger partial charge in [-0.2, -0.15) is 0 Å². The Balaban J connectivity index is 1.69. The zero-order valence-corrected chi connectivity index (χ0v) is 16.6. The van der Waals surface area contributed by atoms with E-state index in [0.29, 0.717) is 11.6 Å². The summed E-state index contributed by atoms with van der Waals surface area (Å²) in [5.74, 6) is 0.443. The van der Waals surface area contributed by atoms with Gasteiger partial charge in [-0.1, -0.05) is 13.0 Å². The summed E-state index contributed by atoms with van der Waals surface area (Å²) >= 11 is 0. The first kappa shape index (κ1) is 18.6. The number of benzene rings is 1. The third-order valence-electron chi connectivity index (χ3n) is 4.67. The van der Waals surface area contributed by atoms with Crippen molar-refractivity contribution in [2.75, 3.05) is 19.4 Å². The Morgan fingerprint density at radius 1 is 1.07 bits per heavy atom. The van der Waals surface area contributed by atoms with E-state index in [1.165, 1.54) is 0 Å². The minimum absolute atomic E-state index is 0.0517. The van der Waals surface area contributed by atoms with Gasteiger partial charge in [0.15, 0.2) is 0 Å². The molecular formula is C22H22N6O. The molecule has 146 valence electrons. The van der Waals surface area contributed by atoms with E-state index in [1.54, 1.807) is 31.4 Å². The fourth-order valence-electron chi connectivity index (χ4n) is 3.23. The minimum Gasteiger partial charge on any atom is -0.350 e. The van der Waals surface area contributed by atoms with Gasteiger partial charge in [-0.3, -0.25) is 9.78 Å². The summed E-state index contributed by atoms with van der Waals surface area (Å²) in [5.41, 5.74) is 5.08. The summed E-state index contributed by atoms with van der Waals surface area (Å²) in [5, 5.41) is 4.25. The predicted molar refractivity (Wildman–Crippen MR) is 114 cm³/mol. The molecule has 0 bridgehead atoms. The molecule has 3 aromatic heterocycles. The largest absolute Gasteiger partial charge is 0.350 e. The Morgan fingerprint density at radius 3 is 2.66 bits per heavy atom. The van der Waals surface area contributed by atoms with Crippen LogP contribution in [0, 0.1) is 0 Å². The number of hydrogen-bond acceptors (Lipinski definition) is 5. The molecule has 0 aliphatic heterocycles. The highest BCUT2D eigenvalue weighted by Gasteiger charge is 2.14. The molecule has 7 nitrogen and oxygen atoms in total. The van der Waals surface area contributed by atoms with Crippen molar-refractivity contribution in [2.45, 2.75) is 13.3 Å². The van der Waals surface area contributed by atoms with Crippen molar-refractivity contribution in [2.24, 2.45) is 0 Å². The Bertz CT molecular complexity index is 1170. The van der Waals surface area contributed by atoms with Crippen LogP contribution in [0.25, 0.3) is 22.3 Å². The van der Waals surface area contributed by atoms with Crippen molar-refractivity contribution in [1.29, 1.82) is 0 Å². The van der Waals surface area contributed by atoms with Gasteiger partial charge in [0.05, 0.1) is 11.4 Å². The molecule has 0 aliphatic carbocycles. The molecule has 1 aromatic carbocycles. The molecule has 7 heteroatoms. The molecular weight excluding hydrogens is 364 g/mol. The second kappa shape index (κ2) is 7.71. The fourth-order valence-corrected chi connectivity index (χ4v) is 3.23. The summed E-state index contributed by atoms with van der Waals surface area (Å²) < 4.78 is 0. The third kappa shape index (κ3) is 3.80. The number of fused-ring (bicyclic) bond motifs is 1. The maximum atomic E-state index is 12.3. The van der Waals surface area contributed by atoms with Crippen LogP contribution in [0.2, 0.25) is 0 Å². The molecule has 0 unspecified atom stereocenters. The first-order valence-electron chi connectivity index (χ1n) is 9.44. The van der Waals surface area contributed by atoms with E-state index in [4.69, 9.17) is 0 Å². The number of carbonyl (C=O) groups excluding carboxylic acids is 1. The number of pyridine rings is 1. The normalized spacial score (nSPS) is 10.9. The second-order valence-corrected chi connectivity index (χ2v) is 6.94. The van der Waals surface area contributed by atoms with Crippen LogP contribution in [0.15, 0.2) is 54.9 Å². The molecule has 4 rings (SSSR count). The van der Waals surface area contributed by atoms with Gasteiger partial charge in [0.2, 0.25) is 5.95 Å². The highest BCUT2D eigenvalue weighted by atomic mass is 16.2. The molecule has 2 N–H and O–H groups in total. The Morgan fingerprint density at radius 2 is 1.93 bits per heavy atom. The number of H-pyrrole nitrogens is 1. The molecule has 3 heterocycles. The van der Waals surface area contributed by atoms with Gasteiger partial charge in [-0.05, 0) is 48.4 Å². The van der Waals surface area contributed by atoms with Crippen LogP contribution < -0.4 is 5.32 Å². The van der Waals surface area contributed by atoms with E-state index < -0.39 is 0 Å². The highest BCUT2D eigenvalue weighted by molar-refractivity contribution is 5.99. The monoisotopic (exact) mass is 386 g/mol. The Hall–Kier alpha value is -3.74. The quantitative estimate of drug-likeness (QED) is 0.541. The zero-order chi connectivity index (χ0) is 20.4. The second-order valence-electron chi connectivity index (χ2n) is 6.94. The van der Waals surface area contributed by atoms with Crippen molar-refractivity contribution in [3.05, 3.63) is 66.1 Å². The maximum Gasteiger partial charge on any atom is 0.269 e. The smallest absolute Gasteiger partial charge is 0.269 e. The number of anilines is 2. The molecule has 4 aromatic rings. The maximum absolute atomic E-state index is 12.3. The standard InChI is InChI=1S/C22H22N6O/c1-4-14-11-16(12-15-13-19(26-20(14)15)21(29)28(2)3)25-22-24-10-8-18(27-22)17-7-5-6-9-23-17/h5-13,26H,4H2,1-3H3,(H,24,25,27). The molecule has 1 amide bonds. The van der Waals surface area contributed by atoms with Gasteiger partial charge in [-0.25, -0.2) is 9.97 Å². The first-order valence-corrected chi connectivity index (χ1v) is 9.44. The summed E-state index contributed by atoms with van der Waals surface area (Å²) in [4.78, 5) is 30.4. The lowest BCUT2D eigenvalue weighted by molar-refractivity contribution is 0.0823. The average Bonchev–Trinajstić information content (AvgIpc) is 3.17. The highest BCUT2D eigenvalue weighted by Crippen LogP contribution is 2.27. The minimum atomic E-state index is -0.0517. The lowest BCUT2D eigenvalue weighted by Gasteiger charge is -2.09. The van der Waals surface area contributed by atoms with Crippen molar-refractivity contribution >= 4 is 28.4 Å². The van der Waals surface area contributed by atoms with Crippen LogP contribution in [0.5, 0.6) is 0 Å². The molecule has 0 saturated heterocycles. The van der Waals surface area contributed by atoms with Crippen molar-refractivity contribution in [3.63, 3.8) is 0 Å². The molecule has 29 heavy (non-hydrogen) atoms. The predicted octanol–water partition coefficient (Wildman–Crippen LogP) is 4.03. The van der Waals surface area contributed by atoms with E-state index >= 15 is 0 Å². The number of hydrogen-bond donors (Lipinski definition) is 2. The van der Waals surface area contributed by atoms with E-state index in [-0.39, 0.29) is 5.91 Å². The van der Waals surface area contributed by atoms with Crippen LogP contribution in [0.4, 0.5) is 11.6 Å². The van der Waals surface area contributed by atoms with Crippen molar-refractivity contribution in [3.8, 4) is 11.4 Å². The lowest BCUT2D eigenvalue weighted by Crippen LogP contribution is -2.21. The molecule has 0 fully saturated rings. The van der Waals surface area contributed by atoms with Gasteiger partial charge in [-0.15, -0.1) is 0 Å². The Kier molecular flexibility index (Phi) is 4.95. The number of carbonyl (C=O) groups is 1. The summed E-state index contributed by atoms with van der Waals surface area (Å²) in [6.45, 7) is 2.09. The molecule has 0 spiro atoms. The first-order chi connectivity index (χ1) is 14.0. The SMILES string of the molecule is CCc1cc(Nc2nccc(-c3ccccn3)n2)cc2cc(C(=O)N(C)C)[nH]c12. The summed E-state index contributed by atoms with van der Waals surface area (Å²) in [6, 6.07) is 13.5. The number of nitrogens with one attached hydrogen (secondary N) is 2. The van der Waals surface area contributed by atoms with Crippen LogP contribution >= 0.6 is 0 Å². The van der Waals surface area contributed by atoms with Crippen LogP contribution in [0.1, 0.15) is 23.0 Å².